The molecule has 1 fully saturated rings. The second kappa shape index (κ2) is 6.61. The third-order valence-electron chi connectivity index (χ3n) is 3.13. The smallest absolute Gasteiger partial charge is 0.320 e. The normalized spacial score (nSPS) is 14.7. The quantitative estimate of drug-likeness (QED) is 0.759. The van der Waals surface area contributed by atoms with Gasteiger partial charge in [0.2, 0.25) is 0 Å². The summed E-state index contributed by atoms with van der Waals surface area (Å²) in [6.45, 7) is 7.09. The fourth-order valence-corrected chi connectivity index (χ4v) is 2.02. The molecule has 1 N–H and O–H groups in total. The van der Waals surface area contributed by atoms with Gasteiger partial charge in [0.25, 0.3) is 0 Å². The number of nitrogens with zero attached hydrogens (tertiary/aromatic N) is 2. The first-order valence-corrected chi connectivity index (χ1v) is 6.76. The summed E-state index contributed by atoms with van der Waals surface area (Å²) >= 11 is 0. The van der Waals surface area contributed by atoms with Crippen LogP contribution in [-0.2, 0) is 4.79 Å². The van der Waals surface area contributed by atoms with Gasteiger partial charge in [-0.25, -0.2) is 4.79 Å². The Labute approximate surface area is 109 Å². The molecule has 0 aromatic rings. The molecule has 0 aromatic heterocycles. The van der Waals surface area contributed by atoms with Crippen LogP contribution in [-0.4, -0.2) is 52.1 Å². The first kappa shape index (κ1) is 14.8. The zero-order chi connectivity index (χ0) is 13.7. The number of carboxylic acids is 1. The largest absolute Gasteiger partial charge is 0.481 e. The molecule has 104 valence electrons. The summed E-state index contributed by atoms with van der Waals surface area (Å²) in [7, 11) is 0. The Kier molecular flexibility index (Phi) is 5.44. The number of hydrogen-bond acceptors (Lipinski definition) is 2. The number of urea groups is 1. The topological polar surface area (TPSA) is 60.9 Å². The van der Waals surface area contributed by atoms with E-state index in [2.05, 4.69) is 0 Å². The van der Waals surface area contributed by atoms with Gasteiger partial charge in [-0.1, -0.05) is 6.92 Å². The second-order valence-electron chi connectivity index (χ2n) is 5.14. The minimum Gasteiger partial charge on any atom is -0.481 e. The maximum atomic E-state index is 12.4. The SMILES string of the molecule is CCCN(C(=O)N(CCC(=O)O)C1CC1)C(C)C. The van der Waals surface area contributed by atoms with E-state index in [0.717, 1.165) is 25.8 Å². The molecule has 2 amide bonds. The third kappa shape index (κ3) is 4.20. The van der Waals surface area contributed by atoms with E-state index in [-0.39, 0.29) is 24.5 Å². The van der Waals surface area contributed by atoms with Crippen LogP contribution in [0.1, 0.15) is 46.5 Å². The Morgan fingerprint density at radius 1 is 1.28 bits per heavy atom. The molecule has 0 atom stereocenters. The summed E-state index contributed by atoms with van der Waals surface area (Å²) in [6.07, 6.45) is 2.95. The molecule has 0 bridgehead atoms. The molecule has 1 aliphatic carbocycles. The summed E-state index contributed by atoms with van der Waals surface area (Å²) in [5, 5.41) is 8.75. The predicted molar refractivity (Wildman–Crippen MR) is 69.5 cm³/mol. The molecule has 0 aliphatic heterocycles. The Morgan fingerprint density at radius 3 is 2.28 bits per heavy atom. The summed E-state index contributed by atoms with van der Waals surface area (Å²) in [5.74, 6) is -0.847. The molecule has 0 spiro atoms. The Hall–Kier alpha value is -1.26. The highest BCUT2D eigenvalue weighted by molar-refractivity contribution is 5.76. The average Bonchev–Trinajstić information content (AvgIpc) is 3.09. The molecule has 1 saturated carbocycles. The number of rotatable bonds is 7. The zero-order valence-electron chi connectivity index (χ0n) is 11.6. The van der Waals surface area contributed by atoms with Gasteiger partial charge in [-0.2, -0.15) is 0 Å². The maximum Gasteiger partial charge on any atom is 0.320 e. The number of carboxylic acid groups (broad SMARTS) is 1. The maximum absolute atomic E-state index is 12.4. The number of amides is 2. The second-order valence-corrected chi connectivity index (χ2v) is 5.14. The monoisotopic (exact) mass is 256 g/mol. The Morgan fingerprint density at radius 2 is 1.89 bits per heavy atom. The zero-order valence-corrected chi connectivity index (χ0v) is 11.6. The van der Waals surface area contributed by atoms with Crippen molar-refractivity contribution in [1.82, 2.24) is 9.80 Å². The molecular weight excluding hydrogens is 232 g/mol. The molecule has 0 saturated heterocycles. The number of hydrogen-bond donors (Lipinski definition) is 1. The lowest BCUT2D eigenvalue weighted by Crippen LogP contribution is -2.48. The molecule has 0 aromatic carbocycles. The number of carbonyl (C=O) groups is 2. The van der Waals surface area contributed by atoms with Gasteiger partial charge in [0.1, 0.15) is 0 Å². The van der Waals surface area contributed by atoms with E-state index in [1.165, 1.54) is 0 Å². The van der Waals surface area contributed by atoms with E-state index >= 15 is 0 Å². The first-order chi connectivity index (χ1) is 8.47. The lowest BCUT2D eigenvalue weighted by atomic mass is 10.3. The summed E-state index contributed by atoms with van der Waals surface area (Å²) in [6, 6.07) is 0.411. The van der Waals surface area contributed by atoms with Crippen molar-refractivity contribution in [3.63, 3.8) is 0 Å². The van der Waals surface area contributed by atoms with Crippen molar-refractivity contribution in [2.24, 2.45) is 0 Å². The summed E-state index contributed by atoms with van der Waals surface area (Å²) in [5.41, 5.74) is 0. The molecular formula is C13H24N2O3. The van der Waals surface area contributed by atoms with E-state index < -0.39 is 5.97 Å². The van der Waals surface area contributed by atoms with Crippen LogP contribution >= 0.6 is 0 Å². The molecule has 18 heavy (non-hydrogen) atoms. The van der Waals surface area contributed by atoms with Crippen molar-refractivity contribution in [3.8, 4) is 0 Å². The lowest BCUT2D eigenvalue weighted by Gasteiger charge is -2.33. The highest BCUT2D eigenvalue weighted by Gasteiger charge is 2.35. The van der Waals surface area contributed by atoms with Crippen LogP contribution in [0.4, 0.5) is 4.79 Å². The van der Waals surface area contributed by atoms with Crippen LogP contribution in [0.2, 0.25) is 0 Å². The van der Waals surface area contributed by atoms with Gasteiger partial charge in [-0.3, -0.25) is 4.79 Å². The highest BCUT2D eigenvalue weighted by Crippen LogP contribution is 2.28. The van der Waals surface area contributed by atoms with E-state index in [1.54, 1.807) is 4.90 Å². The highest BCUT2D eigenvalue weighted by atomic mass is 16.4. The predicted octanol–water partition coefficient (Wildman–Crippen LogP) is 2.17. The van der Waals surface area contributed by atoms with Gasteiger partial charge >= 0.3 is 12.0 Å². The Balaban J connectivity index is 2.64. The van der Waals surface area contributed by atoms with E-state index in [9.17, 15) is 9.59 Å². The molecule has 0 radical (unpaired) electrons. The number of aliphatic carboxylic acids is 1. The molecule has 1 rings (SSSR count). The number of carbonyl (C=O) groups excluding carboxylic acids is 1. The van der Waals surface area contributed by atoms with Crippen molar-refractivity contribution in [2.75, 3.05) is 13.1 Å². The van der Waals surface area contributed by atoms with Crippen LogP contribution in [0.5, 0.6) is 0 Å². The fraction of sp³-hybridized carbons (Fsp3) is 0.846. The van der Waals surface area contributed by atoms with Gasteiger partial charge in [0.15, 0.2) is 0 Å². The van der Waals surface area contributed by atoms with E-state index in [1.807, 2.05) is 25.7 Å². The van der Waals surface area contributed by atoms with E-state index in [0.29, 0.717) is 6.54 Å². The summed E-state index contributed by atoms with van der Waals surface area (Å²) in [4.78, 5) is 26.6. The van der Waals surface area contributed by atoms with Crippen molar-refractivity contribution in [1.29, 1.82) is 0 Å². The standard InChI is InChI=1S/C13H24N2O3/c1-4-8-14(10(2)3)13(18)15(11-5-6-11)9-7-12(16)17/h10-11H,4-9H2,1-3H3,(H,16,17). The van der Waals surface area contributed by atoms with Crippen LogP contribution in [0, 0.1) is 0 Å². The first-order valence-electron chi connectivity index (χ1n) is 6.76. The van der Waals surface area contributed by atoms with Crippen molar-refractivity contribution >= 4 is 12.0 Å². The van der Waals surface area contributed by atoms with E-state index in [4.69, 9.17) is 5.11 Å². The van der Waals surface area contributed by atoms with Crippen molar-refractivity contribution < 1.29 is 14.7 Å². The molecule has 5 heteroatoms. The van der Waals surface area contributed by atoms with Crippen LogP contribution in [0.3, 0.4) is 0 Å². The Bertz CT molecular complexity index is 301. The minimum absolute atomic E-state index is 0.00407. The lowest BCUT2D eigenvalue weighted by molar-refractivity contribution is -0.137. The van der Waals surface area contributed by atoms with Gasteiger partial charge in [0, 0.05) is 25.2 Å². The van der Waals surface area contributed by atoms with Gasteiger partial charge in [-0.05, 0) is 33.1 Å². The van der Waals surface area contributed by atoms with Gasteiger partial charge < -0.3 is 14.9 Å². The van der Waals surface area contributed by atoms with Gasteiger partial charge in [-0.15, -0.1) is 0 Å². The molecule has 0 heterocycles. The van der Waals surface area contributed by atoms with Gasteiger partial charge in [0.05, 0.1) is 6.42 Å². The molecule has 0 unspecified atom stereocenters. The van der Waals surface area contributed by atoms with Crippen LogP contribution < -0.4 is 0 Å². The molecule has 5 nitrogen and oxygen atoms in total. The fourth-order valence-electron chi connectivity index (χ4n) is 2.02. The summed E-state index contributed by atoms with van der Waals surface area (Å²) < 4.78 is 0. The van der Waals surface area contributed by atoms with Crippen LogP contribution in [0.15, 0.2) is 0 Å². The third-order valence-corrected chi connectivity index (χ3v) is 3.13. The van der Waals surface area contributed by atoms with Crippen molar-refractivity contribution in [2.45, 2.75) is 58.5 Å². The average molecular weight is 256 g/mol. The molecule has 1 aliphatic rings. The minimum atomic E-state index is -0.847. The van der Waals surface area contributed by atoms with Crippen molar-refractivity contribution in [3.05, 3.63) is 0 Å². The van der Waals surface area contributed by atoms with Crippen LogP contribution in [0.25, 0.3) is 0 Å².